The van der Waals surface area contributed by atoms with E-state index in [1.165, 1.54) is 0 Å². The first-order chi connectivity index (χ1) is 18.5. The van der Waals surface area contributed by atoms with Gasteiger partial charge in [-0.2, -0.15) is 0 Å². The lowest BCUT2D eigenvalue weighted by atomic mass is 9.90. The Morgan fingerprint density at radius 2 is 1.71 bits per heavy atom. The van der Waals surface area contributed by atoms with E-state index in [1.54, 1.807) is 18.7 Å². The van der Waals surface area contributed by atoms with Crippen molar-refractivity contribution in [2.45, 2.75) is 40.0 Å². The average molecular weight is 521 g/mol. The number of hydrogen-bond acceptors (Lipinski definition) is 7. The molecule has 38 heavy (non-hydrogen) atoms. The number of oxazole rings is 1. The number of nitrogens with zero attached hydrogens (tertiary/aromatic N) is 2. The third kappa shape index (κ3) is 7.15. The lowest BCUT2D eigenvalue weighted by molar-refractivity contribution is -0.148. The Bertz CT molecular complexity index is 1190. The quantitative estimate of drug-likeness (QED) is 0.328. The molecule has 0 N–H and O–H groups in total. The summed E-state index contributed by atoms with van der Waals surface area (Å²) in [7, 11) is 0. The summed E-state index contributed by atoms with van der Waals surface area (Å²) in [5.74, 6) is 1.63. The second-order valence-corrected chi connectivity index (χ2v) is 9.44. The Morgan fingerprint density at radius 1 is 0.974 bits per heavy atom. The van der Waals surface area contributed by atoms with Crippen LogP contribution in [0.2, 0.25) is 0 Å². The number of aryl methyl sites for hydroxylation is 1. The smallest absolute Gasteiger partial charge is 0.409 e. The molecule has 0 unspecified atom stereocenters. The Balaban J connectivity index is 1.30. The molecule has 1 saturated heterocycles. The maximum Gasteiger partial charge on any atom is 0.409 e. The Kier molecular flexibility index (Phi) is 9.40. The minimum Gasteiger partial charge on any atom is -0.493 e. The minimum atomic E-state index is -0.386. The summed E-state index contributed by atoms with van der Waals surface area (Å²) in [6, 6.07) is 18.0. The van der Waals surface area contributed by atoms with Crippen LogP contribution in [0.3, 0.4) is 0 Å². The predicted molar refractivity (Wildman–Crippen MR) is 142 cm³/mol. The van der Waals surface area contributed by atoms with Crippen molar-refractivity contribution in [2.75, 3.05) is 32.9 Å². The van der Waals surface area contributed by atoms with Crippen molar-refractivity contribution in [1.29, 1.82) is 0 Å². The van der Waals surface area contributed by atoms with Crippen molar-refractivity contribution < 1.29 is 28.2 Å². The standard InChI is InChI=1S/C30H36N2O6/c1-4-35-29(33)26-20-32(30(34)36-5-2)19-24(26)17-23-11-13-25(14-12-23)37-16-15-27-21(3)38-28(31-27)18-22-9-7-6-8-10-22/h6-14,24,26H,4-5,15-20H2,1-3H3/t24-,26+/m1/s1. The van der Waals surface area contributed by atoms with Gasteiger partial charge in [0, 0.05) is 25.9 Å². The molecule has 1 amide bonds. The molecule has 1 aliphatic heterocycles. The molecular weight excluding hydrogens is 484 g/mol. The van der Waals surface area contributed by atoms with E-state index in [0.717, 1.165) is 28.3 Å². The van der Waals surface area contributed by atoms with Crippen LogP contribution < -0.4 is 4.74 Å². The summed E-state index contributed by atoms with van der Waals surface area (Å²) in [4.78, 5) is 31.0. The van der Waals surface area contributed by atoms with Gasteiger partial charge in [0.05, 0.1) is 31.4 Å². The molecule has 2 heterocycles. The Morgan fingerprint density at radius 3 is 2.42 bits per heavy atom. The highest BCUT2D eigenvalue weighted by molar-refractivity contribution is 5.76. The second kappa shape index (κ2) is 13.1. The highest BCUT2D eigenvalue weighted by Gasteiger charge is 2.41. The van der Waals surface area contributed by atoms with Crippen LogP contribution in [0.15, 0.2) is 59.0 Å². The third-order valence-electron chi connectivity index (χ3n) is 6.72. The Hall–Kier alpha value is -3.81. The van der Waals surface area contributed by atoms with Crippen molar-refractivity contribution in [3.05, 3.63) is 83.1 Å². The summed E-state index contributed by atoms with van der Waals surface area (Å²) in [6.07, 6.45) is 1.59. The van der Waals surface area contributed by atoms with Gasteiger partial charge >= 0.3 is 12.1 Å². The van der Waals surface area contributed by atoms with Crippen LogP contribution in [0.5, 0.6) is 5.75 Å². The molecule has 2 aromatic carbocycles. The monoisotopic (exact) mass is 520 g/mol. The van der Waals surface area contributed by atoms with E-state index in [4.69, 9.17) is 18.6 Å². The van der Waals surface area contributed by atoms with Gasteiger partial charge in [0.15, 0.2) is 5.89 Å². The number of amides is 1. The number of rotatable bonds is 11. The molecule has 8 heteroatoms. The fourth-order valence-corrected chi connectivity index (χ4v) is 4.81. The van der Waals surface area contributed by atoms with Crippen LogP contribution in [0.1, 0.15) is 42.3 Å². The van der Waals surface area contributed by atoms with Gasteiger partial charge < -0.3 is 23.5 Å². The number of benzene rings is 2. The molecule has 0 spiro atoms. The summed E-state index contributed by atoms with van der Waals surface area (Å²) in [5.41, 5.74) is 3.14. The molecule has 0 saturated carbocycles. The maximum atomic E-state index is 12.5. The summed E-state index contributed by atoms with van der Waals surface area (Å²) in [5, 5.41) is 0. The van der Waals surface area contributed by atoms with Crippen molar-refractivity contribution in [3.8, 4) is 5.75 Å². The first-order valence-electron chi connectivity index (χ1n) is 13.3. The largest absolute Gasteiger partial charge is 0.493 e. The van der Waals surface area contributed by atoms with Crippen molar-refractivity contribution >= 4 is 12.1 Å². The lowest BCUT2D eigenvalue weighted by Crippen LogP contribution is -2.30. The Labute approximate surface area is 223 Å². The SMILES string of the molecule is CCOC(=O)[C@H]1CN(C(=O)OCC)C[C@H]1Cc1ccc(OCCc2nc(Cc3ccccc3)oc2C)cc1. The molecule has 8 nitrogen and oxygen atoms in total. The van der Waals surface area contributed by atoms with Gasteiger partial charge in [-0.05, 0) is 56.4 Å². The fraction of sp³-hybridized carbons (Fsp3) is 0.433. The van der Waals surface area contributed by atoms with E-state index < -0.39 is 0 Å². The van der Waals surface area contributed by atoms with Crippen LogP contribution in [0.4, 0.5) is 4.79 Å². The molecule has 1 fully saturated rings. The zero-order valence-corrected chi connectivity index (χ0v) is 22.4. The van der Waals surface area contributed by atoms with E-state index >= 15 is 0 Å². The predicted octanol–water partition coefficient (Wildman–Crippen LogP) is 5.01. The third-order valence-corrected chi connectivity index (χ3v) is 6.72. The van der Waals surface area contributed by atoms with Gasteiger partial charge in [-0.3, -0.25) is 4.79 Å². The number of carbonyl (C=O) groups is 2. The average Bonchev–Trinajstić information content (AvgIpc) is 3.49. The maximum absolute atomic E-state index is 12.5. The first kappa shape index (κ1) is 27.2. The number of hydrogen-bond donors (Lipinski definition) is 0. The zero-order valence-electron chi connectivity index (χ0n) is 22.4. The highest BCUT2D eigenvalue weighted by Crippen LogP contribution is 2.29. The molecule has 2 atom stereocenters. The molecule has 0 radical (unpaired) electrons. The molecule has 4 rings (SSSR count). The molecule has 0 bridgehead atoms. The molecule has 202 valence electrons. The van der Waals surface area contributed by atoms with Gasteiger partial charge in [-0.15, -0.1) is 0 Å². The highest BCUT2D eigenvalue weighted by atomic mass is 16.6. The number of carbonyl (C=O) groups excluding carboxylic acids is 2. The number of ether oxygens (including phenoxy) is 3. The van der Waals surface area contributed by atoms with Crippen molar-refractivity contribution in [2.24, 2.45) is 11.8 Å². The minimum absolute atomic E-state index is 0.0366. The van der Waals surface area contributed by atoms with Gasteiger partial charge in [0.1, 0.15) is 11.5 Å². The van der Waals surface area contributed by atoms with Gasteiger partial charge in [-0.25, -0.2) is 9.78 Å². The van der Waals surface area contributed by atoms with E-state index in [2.05, 4.69) is 17.1 Å². The van der Waals surface area contributed by atoms with Crippen LogP contribution in [0, 0.1) is 18.8 Å². The zero-order chi connectivity index (χ0) is 26.9. The van der Waals surface area contributed by atoms with Crippen LogP contribution in [0.25, 0.3) is 0 Å². The topological polar surface area (TPSA) is 91.1 Å². The van der Waals surface area contributed by atoms with Crippen LogP contribution >= 0.6 is 0 Å². The van der Waals surface area contributed by atoms with Gasteiger partial charge in [0.25, 0.3) is 0 Å². The number of likely N-dealkylation sites (tertiary alicyclic amines) is 1. The number of aromatic nitrogens is 1. The van der Waals surface area contributed by atoms with Crippen LogP contribution in [-0.4, -0.2) is 54.9 Å². The van der Waals surface area contributed by atoms with E-state index in [9.17, 15) is 9.59 Å². The van der Waals surface area contributed by atoms with Gasteiger partial charge in [0.2, 0.25) is 0 Å². The number of esters is 1. The van der Waals surface area contributed by atoms with Crippen LogP contribution in [-0.2, 0) is 33.5 Å². The lowest BCUT2D eigenvalue weighted by Gasteiger charge is -2.17. The van der Waals surface area contributed by atoms with E-state index in [-0.39, 0.29) is 23.9 Å². The van der Waals surface area contributed by atoms with Gasteiger partial charge in [-0.1, -0.05) is 42.5 Å². The molecule has 1 aliphatic rings. The van der Waals surface area contributed by atoms with Crippen molar-refractivity contribution in [1.82, 2.24) is 9.88 Å². The summed E-state index contributed by atoms with van der Waals surface area (Å²) in [6.45, 7) is 7.38. The second-order valence-electron chi connectivity index (χ2n) is 9.44. The molecule has 0 aliphatic carbocycles. The van der Waals surface area contributed by atoms with E-state index in [0.29, 0.717) is 58.1 Å². The summed E-state index contributed by atoms with van der Waals surface area (Å²) < 4.78 is 22.2. The molecular formula is C30H36N2O6. The first-order valence-corrected chi connectivity index (χ1v) is 13.3. The molecule has 3 aromatic rings. The normalized spacial score (nSPS) is 16.9. The van der Waals surface area contributed by atoms with E-state index in [1.807, 2.05) is 49.4 Å². The summed E-state index contributed by atoms with van der Waals surface area (Å²) >= 11 is 0. The van der Waals surface area contributed by atoms with Crippen molar-refractivity contribution in [3.63, 3.8) is 0 Å². The fourth-order valence-electron chi connectivity index (χ4n) is 4.81. The molecule has 1 aromatic heterocycles.